The third kappa shape index (κ3) is 3.64. The molecule has 1 N–H and O–H groups in total. The van der Waals surface area contributed by atoms with E-state index in [1.54, 1.807) is 6.07 Å². The van der Waals surface area contributed by atoms with Crippen LogP contribution in [0.2, 0.25) is 0 Å². The molecule has 0 bridgehead atoms. The van der Waals surface area contributed by atoms with E-state index in [9.17, 15) is 13.2 Å². The molecule has 148 valence electrons. The summed E-state index contributed by atoms with van der Waals surface area (Å²) < 4.78 is 55.8. The molecule has 0 atom stereocenters. The average molecular weight is 458 g/mol. The first-order valence-corrected chi connectivity index (χ1v) is 8.67. The number of hydrogen-bond donors (Lipinski definition) is 1. The van der Waals surface area contributed by atoms with Crippen LogP contribution in [-0.4, -0.2) is 31.3 Å². The molecule has 0 radical (unpaired) electrons. The molecular formula is C18H15BrF3N3O3. The Hall–Kier alpha value is -2.75. The Morgan fingerprint density at radius 3 is 2.29 bits per heavy atom. The quantitative estimate of drug-likeness (QED) is 0.569. The second kappa shape index (κ2) is 7.70. The molecule has 0 amide bonds. The summed E-state index contributed by atoms with van der Waals surface area (Å²) in [4.78, 5) is 8.37. The molecule has 6 nitrogen and oxygen atoms in total. The van der Waals surface area contributed by atoms with Crippen LogP contribution in [0.5, 0.6) is 17.2 Å². The van der Waals surface area contributed by atoms with Crippen molar-refractivity contribution in [2.24, 2.45) is 0 Å². The number of halogens is 4. The molecular weight excluding hydrogens is 443 g/mol. The van der Waals surface area contributed by atoms with E-state index in [4.69, 9.17) is 14.2 Å². The van der Waals surface area contributed by atoms with Gasteiger partial charge in [0.15, 0.2) is 11.5 Å². The lowest BCUT2D eigenvalue weighted by molar-refractivity contribution is -0.137. The molecule has 1 heterocycles. The maximum absolute atomic E-state index is 13.1. The molecule has 0 aliphatic carbocycles. The molecule has 3 rings (SSSR count). The van der Waals surface area contributed by atoms with Crippen molar-refractivity contribution in [1.29, 1.82) is 0 Å². The van der Waals surface area contributed by atoms with Gasteiger partial charge in [-0.1, -0.05) is 0 Å². The lowest BCUT2D eigenvalue weighted by atomic mass is 10.1. The second-order valence-electron chi connectivity index (χ2n) is 5.58. The maximum atomic E-state index is 13.1. The van der Waals surface area contributed by atoms with Gasteiger partial charge in [0.1, 0.15) is 12.1 Å². The molecule has 0 spiro atoms. The first kappa shape index (κ1) is 20.0. The first-order valence-electron chi connectivity index (χ1n) is 7.87. The zero-order chi connectivity index (χ0) is 20.5. The Bertz CT molecular complexity index is 1030. The van der Waals surface area contributed by atoms with Gasteiger partial charge in [-0.25, -0.2) is 9.97 Å². The molecule has 0 unspecified atom stereocenters. The van der Waals surface area contributed by atoms with Crippen LogP contribution in [0.4, 0.5) is 24.7 Å². The normalized spacial score (nSPS) is 11.4. The highest BCUT2D eigenvalue weighted by Crippen LogP contribution is 2.45. The van der Waals surface area contributed by atoms with Crippen LogP contribution in [0, 0.1) is 0 Å². The van der Waals surface area contributed by atoms with Crippen LogP contribution in [0.3, 0.4) is 0 Å². The monoisotopic (exact) mass is 457 g/mol. The summed E-state index contributed by atoms with van der Waals surface area (Å²) in [6.07, 6.45) is -3.18. The van der Waals surface area contributed by atoms with Crippen LogP contribution in [0.25, 0.3) is 10.9 Å². The van der Waals surface area contributed by atoms with Gasteiger partial charge < -0.3 is 19.5 Å². The third-order valence-electron chi connectivity index (χ3n) is 3.98. The summed E-state index contributed by atoms with van der Waals surface area (Å²) in [5, 5.41) is 3.35. The van der Waals surface area contributed by atoms with Gasteiger partial charge >= 0.3 is 6.18 Å². The lowest BCUT2D eigenvalue weighted by Crippen LogP contribution is -2.06. The van der Waals surface area contributed by atoms with E-state index in [2.05, 4.69) is 31.2 Å². The SMILES string of the molecule is COc1cc2ncnc(Nc3cc(C(F)(F)F)ccc3Br)c2c(OC)c1OC. The van der Waals surface area contributed by atoms with Crippen LogP contribution in [0.15, 0.2) is 35.1 Å². The molecule has 0 aliphatic heterocycles. The average Bonchev–Trinajstić information content (AvgIpc) is 2.67. The van der Waals surface area contributed by atoms with Crippen molar-refractivity contribution in [2.45, 2.75) is 6.18 Å². The fourth-order valence-electron chi connectivity index (χ4n) is 2.71. The van der Waals surface area contributed by atoms with Crippen molar-refractivity contribution in [1.82, 2.24) is 9.97 Å². The molecule has 0 saturated heterocycles. The number of methoxy groups -OCH3 is 3. The maximum Gasteiger partial charge on any atom is 0.416 e. The Labute approximate surface area is 166 Å². The molecule has 28 heavy (non-hydrogen) atoms. The van der Waals surface area contributed by atoms with Gasteiger partial charge in [0.25, 0.3) is 0 Å². The standard InChI is InChI=1S/C18H15BrF3N3O3/c1-26-13-7-12-14(16(28-3)15(13)27-2)17(24-8-23-12)25-11-6-9(18(20,21)22)4-5-10(11)19/h4-8H,1-3H3,(H,23,24,25). The Morgan fingerprint density at radius 2 is 1.68 bits per heavy atom. The van der Waals surface area contributed by atoms with Crippen molar-refractivity contribution in [3.8, 4) is 17.2 Å². The first-order chi connectivity index (χ1) is 13.3. The van der Waals surface area contributed by atoms with Gasteiger partial charge in [0.05, 0.1) is 43.5 Å². The molecule has 1 aromatic heterocycles. The van der Waals surface area contributed by atoms with Gasteiger partial charge in [-0.2, -0.15) is 13.2 Å². The van der Waals surface area contributed by atoms with Gasteiger partial charge in [-0.3, -0.25) is 0 Å². The summed E-state index contributed by atoms with van der Waals surface area (Å²) in [5.41, 5.74) is -0.135. The fraction of sp³-hybridized carbons (Fsp3) is 0.222. The summed E-state index contributed by atoms with van der Waals surface area (Å²) in [5.74, 6) is 1.26. The summed E-state index contributed by atoms with van der Waals surface area (Å²) in [6.45, 7) is 0. The van der Waals surface area contributed by atoms with E-state index in [1.165, 1.54) is 33.7 Å². The van der Waals surface area contributed by atoms with Crippen LogP contribution in [-0.2, 0) is 6.18 Å². The fourth-order valence-corrected chi connectivity index (χ4v) is 3.05. The van der Waals surface area contributed by atoms with Crippen molar-refractivity contribution in [3.05, 3.63) is 40.6 Å². The van der Waals surface area contributed by atoms with E-state index >= 15 is 0 Å². The minimum atomic E-state index is -4.47. The number of nitrogens with zero attached hydrogens (tertiary/aromatic N) is 2. The van der Waals surface area contributed by atoms with Crippen molar-refractivity contribution in [3.63, 3.8) is 0 Å². The topological polar surface area (TPSA) is 65.5 Å². The van der Waals surface area contributed by atoms with Gasteiger partial charge in [0, 0.05) is 10.5 Å². The highest BCUT2D eigenvalue weighted by atomic mass is 79.9. The summed E-state index contributed by atoms with van der Waals surface area (Å²) in [7, 11) is 4.36. The molecule has 0 aliphatic rings. The van der Waals surface area contributed by atoms with E-state index in [0.29, 0.717) is 32.6 Å². The van der Waals surface area contributed by atoms with Crippen molar-refractivity contribution in [2.75, 3.05) is 26.6 Å². The Balaban J connectivity index is 2.20. The van der Waals surface area contributed by atoms with Gasteiger partial charge in [-0.05, 0) is 34.1 Å². The number of fused-ring (bicyclic) bond motifs is 1. The predicted octanol–water partition coefficient (Wildman–Crippen LogP) is 5.18. The van der Waals surface area contributed by atoms with Crippen LogP contribution >= 0.6 is 15.9 Å². The molecule has 2 aromatic carbocycles. The number of nitrogens with one attached hydrogen (secondary N) is 1. The van der Waals surface area contributed by atoms with E-state index in [0.717, 1.165) is 12.1 Å². The highest BCUT2D eigenvalue weighted by molar-refractivity contribution is 9.10. The largest absolute Gasteiger partial charge is 0.493 e. The highest BCUT2D eigenvalue weighted by Gasteiger charge is 2.31. The zero-order valence-corrected chi connectivity index (χ0v) is 16.6. The minimum Gasteiger partial charge on any atom is -0.493 e. The number of benzene rings is 2. The van der Waals surface area contributed by atoms with E-state index in [1.807, 2.05) is 0 Å². The smallest absolute Gasteiger partial charge is 0.416 e. The summed E-state index contributed by atoms with van der Waals surface area (Å²) >= 11 is 3.26. The predicted molar refractivity (Wildman–Crippen MR) is 102 cm³/mol. The zero-order valence-electron chi connectivity index (χ0n) is 15.0. The number of hydrogen-bond acceptors (Lipinski definition) is 6. The van der Waals surface area contributed by atoms with Crippen LogP contribution < -0.4 is 19.5 Å². The third-order valence-corrected chi connectivity index (χ3v) is 4.67. The number of rotatable bonds is 5. The molecule has 10 heteroatoms. The number of aromatic nitrogens is 2. The summed E-state index contributed by atoms with van der Waals surface area (Å²) in [6, 6.07) is 4.92. The van der Waals surface area contributed by atoms with Gasteiger partial charge in [-0.15, -0.1) is 0 Å². The van der Waals surface area contributed by atoms with Crippen LogP contribution in [0.1, 0.15) is 5.56 Å². The van der Waals surface area contributed by atoms with Gasteiger partial charge in [0.2, 0.25) is 5.75 Å². The Kier molecular flexibility index (Phi) is 5.50. The lowest BCUT2D eigenvalue weighted by Gasteiger charge is -2.17. The number of ether oxygens (including phenoxy) is 3. The second-order valence-corrected chi connectivity index (χ2v) is 6.43. The minimum absolute atomic E-state index is 0.187. The van der Waals surface area contributed by atoms with Crippen molar-refractivity contribution >= 4 is 38.3 Å². The van der Waals surface area contributed by atoms with E-state index < -0.39 is 11.7 Å². The van der Waals surface area contributed by atoms with E-state index in [-0.39, 0.29) is 11.5 Å². The number of anilines is 2. The van der Waals surface area contributed by atoms with Crippen molar-refractivity contribution < 1.29 is 27.4 Å². The molecule has 0 saturated carbocycles. The Morgan fingerprint density at radius 1 is 0.964 bits per heavy atom. The number of alkyl halides is 3. The molecule has 0 fully saturated rings. The molecule has 3 aromatic rings.